The van der Waals surface area contributed by atoms with Gasteiger partial charge in [0.2, 0.25) is 0 Å². The first-order chi connectivity index (χ1) is 16.9. The lowest BCUT2D eigenvalue weighted by Crippen LogP contribution is -1.84. The van der Waals surface area contributed by atoms with Crippen molar-refractivity contribution in [1.82, 2.24) is 0 Å². The van der Waals surface area contributed by atoms with Crippen molar-refractivity contribution < 1.29 is 4.42 Å². The van der Waals surface area contributed by atoms with Crippen LogP contribution in [0.1, 0.15) is 0 Å². The Morgan fingerprint density at radius 2 is 1.00 bits per heavy atom. The summed E-state index contributed by atoms with van der Waals surface area (Å²) in [5.74, 6) is 0. The fourth-order valence-corrected chi connectivity index (χ4v) is 6.29. The van der Waals surface area contributed by atoms with Gasteiger partial charge in [0, 0.05) is 42.4 Å². The Kier molecular flexibility index (Phi) is 4.39. The van der Waals surface area contributed by atoms with Gasteiger partial charge in [-0.1, -0.05) is 115 Å². The highest BCUT2D eigenvalue weighted by Crippen LogP contribution is 2.47. The molecule has 0 aliphatic rings. The Hall–Kier alpha value is -4.14. The standard InChI is InChI=1S/C32H20OS/c1-2-11-21(12-3-1)31-27-16-6-7-17-28(27)32(34-31)26-15-5-4-13-22(26)24-18-10-19-25-23-14-8-9-20-29(23)33-30(24)25/h1-20H. The molecule has 2 heteroatoms. The first-order valence-electron chi connectivity index (χ1n) is 11.5. The van der Waals surface area contributed by atoms with E-state index in [0.29, 0.717) is 0 Å². The summed E-state index contributed by atoms with van der Waals surface area (Å²) in [6.45, 7) is 0. The van der Waals surface area contributed by atoms with Crippen molar-refractivity contribution in [1.29, 1.82) is 0 Å². The first kappa shape index (κ1) is 19.3. The van der Waals surface area contributed by atoms with Gasteiger partial charge < -0.3 is 4.42 Å². The molecule has 34 heavy (non-hydrogen) atoms. The lowest BCUT2D eigenvalue weighted by atomic mass is 9.95. The molecule has 160 valence electrons. The van der Waals surface area contributed by atoms with E-state index >= 15 is 0 Å². The van der Waals surface area contributed by atoms with Crippen LogP contribution in [0.4, 0.5) is 0 Å². The number of furan rings is 1. The Balaban J connectivity index is 1.52. The summed E-state index contributed by atoms with van der Waals surface area (Å²) in [6.07, 6.45) is 0. The SMILES string of the molecule is c1ccc(-c2sc(-c3ccccc3-c3cccc4c3oc3ccccc34)c3ccccc23)cc1. The maximum absolute atomic E-state index is 6.39. The van der Waals surface area contributed by atoms with Crippen LogP contribution in [-0.2, 0) is 0 Å². The number of hydrogen-bond acceptors (Lipinski definition) is 2. The third kappa shape index (κ3) is 2.93. The third-order valence-electron chi connectivity index (χ3n) is 6.52. The quantitative estimate of drug-likeness (QED) is 0.260. The van der Waals surface area contributed by atoms with Gasteiger partial charge in [0.05, 0.1) is 0 Å². The zero-order valence-electron chi connectivity index (χ0n) is 18.4. The van der Waals surface area contributed by atoms with E-state index in [9.17, 15) is 0 Å². The van der Waals surface area contributed by atoms with Crippen molar-refractivity contribution in [3.05, 3.63) is 121 Å². The van der Waals surface area contributed by atoms with Crippen LogP contribution in [0, 0.1) is 0 Å². The van der Waals surface area contributed by atoms with Gasteiger partial charge in [-0.15, -0.1) is 11.3 Å². The van der Waals surface area contributed by atoms with Crippen LogP contribution in [0.25, 0.3) is 64.7 Å². The largest absolute Gasteiger partial charge is 0.455 e. The predicted molar refractivity (Wildman–Crippen MR) is 145 cm³/mol. The smallest absolute Gasteiger partial charge is 0.143 e. The van der Waals surface area contributed by atoms with Gasteiger partial charge in [0.1, 0.15) is 11.2 Å². The van der Waals surface area contributed by atoms with E-state index in [4.69, 9.17) is 4.42 Å². The fraction of sp³-hybridized carbons (Fsp3) is 0. The van der Waals surface area contributed by atoms with Crippen molar-refractivity contribution in [3.63, 3.8) is 0 Å². The van der Waals surface area contributed by atoms with Crippen LogP contribution in [0.2, 0.25) is 0 Å². The first-order valence-corrected chi connectivity index (χ1v) is 12.3. The number of fused-ring (bicyclic) bond motifs is 4. The number of benzene rings is 5. The van der Waals surface area contributed by atoms with Crippen molar-refractivity contribution in [2.24, 2.45) is 0 Å². The lowest BCUT2D eigenvalue weighted by molar-refractivity contribution is 0.670. The minimum atomic E-state index is 0.926. The number of hydrogen-bond donors (Lipinski definition) is 0. The molecule has 0 fully saturated rings. The molecule has 0 saturated heterocycles. The van der Waals surface area contributed by atoms with E-state index in [1.54, 1.807) is 0 Å². The zero-order valence-corrected chi connectivity index (χ0v) is 19.2. The normalized spacial score (nSPS) is 11.5. The van der Waals surface area contributed by atoms with Gasteiger partial charge in [-0.3, -0.25) is 0 Å². The average molecular weight is 453 g/mol. The number of thiophene rings is 1. The van der Waals surface area contributed by atoms with Crippen LogP contribution in [-0.4, -0.2) is 0 Å². The molecule has 2 heterocycles. The molecular weight excluding hydrogens is 432 g/mol. The molecule has 7 aromatic rings. The van der Waals surface area contributed by atoms with Crippen molar-refractivity contribution in [2.45, 2.75) is 0 Å². The Morgan fingerprint density at radius 1 is 0.412 bits per heavy atom. The summed E-state index contributed by atoms with van der Waals surface area (Å²) in [5, 5.41) is 4.90. The maximum atomic E-state index is 6.39. The number of para-hydroxylation sites is 2. The van der Waals surface area contributed by atoms with Gasteiger partial charge >= 0.3 is 0 Å². The van der Waals surface area contributed by atoms with E-state index in [1.165, 1.54) is 37.2 Å². The highest BCUT2D eigenvalue weighted by molar-refractivity contribution is 7.21. The molecule has 0 amide bonds. The molecule has 0 bridgehead atoms. The van der Waals surface area contributed by atoms with E-state index in [0.717, 1.165) is 27.5 Å². The highest BCUT2D eigenvalue weighted by atomic mass is 32.1. The molecule has 0 aliphatic carbocycles. The monoisotopic (exact) mass is 452 g/mol. The second-order valence-corrected chi connectivity index (χ2v) is 9.52. The van der Waals surface area contributed by atoms with Gasteiger partial charge in [0.15, 0.2) is 0 Å². The van der Waals surface area contributed by atoms with Crippen molar-refractivity contribution in [3.8, 4) is 32.0 Å². The van der Waals surface area contributed by atoms with E-state index in [2.05, 4.69) is 109 Å². The molecule has 0 unspecified atom stereocenters. The minimum absolute atomic E-state index is 0.926. The Labute approximate surface area is 201 Å². The summed E-state index contributed by atoms with van der Waals surface area (Å²) < 4.78 is 6.39. The van der Waals surface area contributed by atoms with Crippen molar-refractivity contribution in [2.75, 3.05) is 0 Å². The minimum Gasteiger partial charge on any atom is -0.455 e. The van der Waals surface area contributed by atoms with Crippen molar-refractivity contribution >= 4 is 44.0 Å². The molecule has 7 rings (SSSR count). The summed E-state index contributed by atoms with van der Waals surface area (Å²) in [4.78, 5) is 2.60. The highest BCUT2D eigenvalue weighted by Gasteiger charge is 2.19. The molecule has 0 N–H and O–H groups in total. The Bertz CT molecular complexity index is 1800. The van der Waals surface area contributed by atoms with Crippen LogP contribution in [0.3, 0.4) is 0 Å². The second kappa shape index (κ2) is 7.72. The third-order valence-corrected chi connectivity index (χ3v) is 7.83. The lowest BCUT2D eigenvalue weighted by Gasteiger charge is -2.10. The molecule has 0 atom stereocenters. The molecule has 2 aromatic heterocycles. The summed E-state index contributed by atoms with van der Waals surface area (Å²) in [5.41, 5.74) is 6.68. The molecule has 0 aliphatic heterocycles. The van der Waals surface area contributed by atoms with Gasteiger partial charge in [-0.2, -0.15) is 0 Å². The fourth-order valence-electron chi connectivity index (χ4n) is 4.97. The predicted octanol–water partition coefficient (Wildman–Crippen LogP) is 9.80. The molecular formula is C32H20OS. The maximum Gasteiger partial charge on any atom is 0.143 e. The van der Waals surface area contributed by atoms with Gasteiger partial charge in [-0.25, -0.2) is 0 Å². The second-order valence-electron chi connectivity index (χ2n) is 8.50. The summed E-state index contributed by atoms with van der Waals surface area (Å²) in [7, 11) is 0. The van der Waals surface area contributed by atoms with Crippen LogP contribution in [0.15, 0.2) is 126 Å². The molecule has 0 radical (unpaired) electrons. The van der Waals surface area contributed by atoms with E-state index in [-0.39, 0.29) is 0 Å². The molecule has 0 spiro atoms. The van der Waals surface area contributed by atoms with Crippen LogP contribution in [0.5, 0.6) is 0 Å². The zero-order chi connectivity index (χ0) is 22.5. The topological polar surface area (TPSA) is 13.1 Å². The molecule has 1 nitrogen and oxygen atoms in total. The molecule has 0 saturated carbocycles. The van der Waals surface area contributed by atoms with Crippen LogP contribution >= 0.6 is 11.3 Å². The molecule has 5 aromatic carbocycles. The van der Waals surface area contributed by atoms with E-state index in [1.807, 2.05) is 23.5 Å². The summed E-state index contributed by atoms with van der Waals surface area (Å²) in [6, 6.07) is 42.9. The van der Waals surface area contributed by atoms with E-state index < -0.39 is 0 Å². The number of rotatable bonds is 3. The van der Waals surface area contributed by atoms with Gasteiger partial charge in [0.25, 0.3) is 0 Å². The summed E-state index contributed by atoms with van der Waals surface area (Å²) >= 11 is 1.87. The van der Waals surface area contributed by atoms with Gasteiger partial charge in [-0.05, 0) is 17.2 Å². The van der Waals surface area contributed by atoms with Crippen LogP contribution < -0.4 is 0 Å². The average Bonchev–Trinajstić information content (AvgIpc) is 3.48. The Morgan fingerprint density at radius 3 is 1.82 bits per heavy atom.